The molecule has 2 amide bonds. The first-order chi connectivity index (χ1) is 20.7. The van der Waals surface area contributed by atoms with Gasteiger partial charge in [0.2, 0.25) is 11.8 Å². The van der Waals surface area contributed by atoms with E-state index in [1.807, 2.05) is 11.8 Å². The van der Waals surface area contributed by atoms with Crippen molar-refractivity contribution in [2.24, 2.45) is 13.0 Å². The fourth-order valence-electron chi connectivity index (χ4n) is 6.99. The van der Waals surface area contributed by atoms with Crippen molar-refractivity contribution >= 4 is 23.4 Å². The summed E-state index contributed by atoms with van der Waals surface area (Å²) in [5, 5.41) is 23.0. The van der Waals surface area contributed by atoms with Crippen LogP contribution in [0.5, 0.6) is 5.75 Å². The first-order valence-electron chi connectivity index (χ1n) is 14.6. The van der Waals surface area contributed by atoms with Crippen molar-refractivity contribution in [3.8, 4) is 5.75 Å². The zero-order chi connectivity index (χ0) is 30.3. The fraction of sp³-hybridized carbons (Fsp3) is 0.607. The summed E-state index contributed by atoms with van der Waals surface area (Å²) < 4.78 is 34.6. The predicted octanol–water partition coefficient (Wildman–Crippen LogP) is 3.69. The fourth-order valence-corrected chi connectivity index (χ4v) is 7.25. The first-order valence-corrected chi connectivity index (χ1v) is 15.0. The summed E-state index contributed by atoms with van der Waals surface area (Å²) in [6.07, 6.45) is 2.15. The number of benzene rings is 1. The van der Waals surface area contributed by atoms with Crippen molar-refractivity contribution in [2.75, 3.05) is 19.6 Å². The molecule has 1 saturated carbocycles. The number of nitrogens with zero attached hydrogens (tertiary/aromatic N) is 8. The van der Waals surface area contributed by atoms with Gasteiger partial charge in [-0.2, -0.15) is 5.21 Å². The Hall–Kier alpha value is -3.68. The molecule has 230 valence electrons. The molecule has 3 aromatic rings. The highest BCUT2D eigenvalue weighted by Crippen LogP contribution is 2.47. The molecule has 4 heterocycles. The lowest BCUT2D eigenvalue weighted by molar-refractivity contribution is -0.144. The van der Waals surface area contributed by atoms with Crippen LogP contribution in [0.15, 0.2) is 12.1 Å². The minimum absolute atomic E-state index is 0.0225. The Morgan fingerprint density at radius 1 is 1.21 bits per heavy atom. The molecule has 6 rings (SSSR count). The van der Waals surface area contributed by atoms with Crippen molar-refractivity contribution in [2.45, 2.75) is 76.4 Å². The van der Waals surface area contributed by atoms with E-state index >= 15 is 0 Å². The van der Waals surface area contributed by atoms with E-state index in [-0.39, 0.29) is 36.4 Å². The average Bonchev–Trinajstić information content (AvgIpc) is 3.75. The largest absolute Gasteiger partial charge is 0.487 e. The summed E-state index contributed by atoms with van der Waals surface area (Å²) in [6.45, 7) is 3.03. The van der Waals surface area contributed by atoms with Crippen molar-refractivity contribution < 1.29 is 23.1 Å². The topological polar surface area (TPSA) is 135 Å². The molecule has 15 heteroatoms. The first kappa shape index (κ1) is 29.4. The van der Waals surface area contributed by atoms with Gasteiger partial charge in [0.15, 0.2) is 5.82 Å². The van der Waals surface area contributed by atoms with Crippen molar-refractivity contribution in [3.05, 3.63) is 45.5 Å². The van der Waals surface area contributed by atoms with Crippen molar-refractivity contribution in [3.63, 3.8) is 0 Å². The van der Waals surface area contributed by atoms with Crippen molar-refractivity contribution in [1.82, 2.24) is 45.4 Å². The lowest BCUT2D eigenvalue weighted by Crippen LogP contribution is -2.52. The lowest BCUT2D eigenvalue weighted by atomic mass is 9.66. The van der Waals surface area contributed by atoms with Gasteiger partial charge < -0.3 is 14.5 Å². The third kappa shape index (κ3) is 5.34. The quantitative estimate of drug-likeness (QED) is 0.404. The van der Waals surface area contributed by atoms with Gasteiger partial charge >= 0.3 is 0 Å². The van der Waals surface area contributed by atoms with E-state index in [1.165, 1.54) is 7.05 Å². The Kier molecular flexibility index (Phi) is 8.05. The molecule has 12 nitrogen and oxygen atoms in total. The second-order valence-electron chi connectivity index (χ2n) is 11.8. The maximum absolute atomic E-state index is 14.6. The van der Waals surface area contributed by atoms with E-state index in [9.17, 15) is 18.4 Å². The minimum Gasteiger partial charge on any atom is -0.487 e. The number of halogens is 3. The normalized spacial score (nSPS) is 24.1. The van der Waals surface area contributed by atoms with Gasteiger partial charge in [0.1, 0.15) is 23.7 Å². The van der Waals surface area contributed by atoms with Gasteiger partial charge in [-0.05, 0) is 43.4 Å². The molecule has 0 unspecified atom stereocenters. The number of tetrazole rings is 1. The molecule has 1 aliphatic carbocycles. The molecule has 3 atom stereocenters. The van der Waals surface area contributed by atoms with Gasteiger partial charge in [-0.1, -0.05) is 41.8 Å². The molecule has 1 aromatic carbocycles. The van der Waals surface area contributed by atoms with E-state index < -0.39 is 23.8 Å². The van der Waals surface area contributed by atoms with E-state index in [4.69, 9.17) is 16.3 Å². The van der Waals surface area contributed by atoms with Gasteiger partial charge in [-0.15, -0.1) is 15.3 Å². The average molecular weight is 618 g/mol. The lowest BCUT2D eigenvalue weighted by Gasteiger charge is -2.45. The van der Waals surface area contributed by atoms with Gasteiger partial charge in [-0.3, -0.25) is 9.59 Å². The number of amides is 2. The third-order valence-electron chi connectivity index (χ3n) is 9.30. The van der Waals surface area contributed by atoms with E-state index in [0.29, 0.717) is 54.5 Å². The number of carbonyl (C=O) groups is 2. The van der Waals surface area contributed by atoms with Crippen LogP contribution in [-0.2, 0) is 35.1 Å². The minimum atomic E-state index is -2.77. The predicted molar refractivity (Wildman–Crippen MR) is 149 cm³/mol. The Bertz CT molecular complexity index is 1500. The molecule has 0 radical (unpaired) electrons. The number of hydrogen-bond acceptors (Lipinski definition) is 8. The number of ether oxygens (including phenoxy) is 1. The summed E-state index contributed by atoms with van der Waals surface area (Å²) in [5.41, 5.74) is 0.595. The summed E-state index contributed by atoms with van der Waals surface area (Å²) in [4.78, 5) is 31.0. The molecule has 2 aromatic heterocycles. The van der Waals surface area contributed by atoms with Crippen LogP contribution in [-0.4, -0.2) is 76.9 Å². The number of hydrogen-bond donors (Lipinski definition) is 1. The highest BCUT2D eigenvalue weighted by atomic mass is 35.5. The van der Waals surface area contributed by atoms with Crippen LogP contribution in [0.4, 0.5) is 8.78 Å². The molecule has 3 aliphatic rings. The van der Waals surface area contributed by atoms with E-state index in [0.717, 1.165) is 35.9 Å². The molecule has 0 bridgehead atoms. The summed E-state index contributed by atoms with van der Waals surface area (Å²) in [5.74, 6) is 0.506. The van der Waals surface area contributed by atoms with Crippen LogP contribution < -0.4 is 4.74 Å². The number of H-pyrrole nitrogens is 1. The molecule has 1 saturated heterocycles. The zero-order valence-corrected chi connectivity index (χ0v) is 24.9. The number of aromatic nitrogens is 7. The van der Waals surface area contributed by atoms with Crippen LogP contribution in [0.1, 0.15) is 86.3 Å². The number of carbonyl (C=O) groups excluding carboxylic acids is 2. The Balaban J connectivity index is 1.38. The Labute approximate surface area is 252 Å². The van der Waals surface area contributed by atoms with Crippen LogP contribution in [0, 0.1) is 5.92 Å². The molecule has 43 heavy (non-hydrogen) atoms. The molecule has 0 spiro atoms. The van der Waals surface area contributed by atoms with Crippen LogP contribution in [0.2, 0.25) is 5.02 Å². The number of nitrogens with one attached hydrogen (secondary N) is 1. The standard InChI is InChI=1S/C28H34ClF2N9O3/c1-28(27-33-35-36-34-27)11-4-3-6-17(28)26(42)40-13-10-16-18(29)8-9-21(23(16)20(40)14-39-12-5-7-22(39)41)43-15-19-24(25(30)31)38(2)37-32-19/h8-9,17,20,25H,3-7,10-15H2,1-2H3,(H,33,34,35,36)/t17-,20+,28-/m0/s1. The molecular weight excluding hydrogens is 584 g/mol. The maximum Gasteiger partial charge on any atom is 0.282 e. The van der Waals surface area contributed by atoms with Crippen molar-refractivity contribution in [1.29, 1.82) is 0 Å². The number of rotatable bonds is 8. The molecule has 2 fully saturated rings. The van der Waals surface area contributed by atoms with Crippen LogP contribution in [0.25, 0.3) is 0 Å². The summed E-state index contributed by atoms with van der Waals surface area (Å²) in [7, 11) is 1.41. The number of aromatic amines is 1. The van der Waals surface area contributed by atoms with Gasteiger partial charge in [-0.25, -0.2) is 13.5 Å². The number of alkyl halides is 2. The highest BCUT2D eigenvalue weighted by Gasteiger charge is 2.49. The summed E-state index contributed by atoms with van der Waals surface area (Å²) in [6, 6.07) is 2.85. The van der Waals surface area contributed by atoms with Crippen LogP contribution in [0.3, 0.4) is 0 Å². The SMILES string of the molecule is Cn1nnc(COc2ccc(Cl)c3c2[C@@H](CN2CCCC2=O)N(C(=O)[C@@H]2CCCC[C@]2(C)c2nn[nH]n2)CC3)c1C(F)F. The second kappa shape index (κ2) is 11.8. The highest BCUT2D eigenvalue weighted by molar-refractivity contribution is 6.31. The monoisotopic (exact) mass is 617 g/mol. The molecule has 1 N–H and O–H groups in total. The molecule has 2 aliphatic heterocycles. The van der Waals surface area contributed by atoms with Gasteiger partial charge in [0.25, 0.3) is 6.43 Å². The second-order valence-corrected chi connectivity index (χ2v) is 12.2. The molecular formula is C28H34ClF2N9O3. The Morgan fingerprint density at radius 2 is 2.05 bits per heavy atom. The van der Waals surface area contributed by atoms with Gasteiger partial charge in [0, 0.05) is 49.1 Å². The zero-order valence-electron chi connectivity index (χ0n) is 24.1. The number of fused-ring (bicyclic) bond motifs is 1. The smallest absolute Gasteiger partial charge is 0.282 e. The Morgan fingerprint density at radius 3 is 2.77 bits per heavy atom. The van der Waals surface area contributed by atoms with Gasteiger partial charge in [0.05, 0.1) is 12.0 Å². The van der Waals surface area contributed by atoms with Crippen LogP contribution >= 0.6 is 11.6 Å². The van der Waals surface area contributed by atoms with E-state index in [1.54, 1.807) is 17.0 Å². The third-order valence-corrected chi connectivity index (χ3v) is 9.65. The maximum atomic E-state index is 14.6. The number of likely N-dealkylation sites (tertiary alicyclic amines) is 1. The number of aryl methyl sites for hydroxylation is 1. The van der Waals surface area contributed by atoms with E-state index in [2.05, 4.69) is 30.9 Å². The summed E-state index contributed by atoms with van der Waals surface area (Å²) >= 11 is 6.71.